The molecule has 1 aliphatic heterocycles. The van der Waals surface area contributed by atoms with Crippen LogP contribution >= 0.6 is 0 Å². The van der Waals surface area contributed by atoms with Gasteiger partial charge in [-0.1, -0.05) is 24.3 Å². The zero-order chi connectivity index (χ0) is 17.9. The molecule has 25 heavy (non-hydrogen) atoms. The van der Waals surface area contributed by atoms with Gasteiger partial charge in [0.1, 0.15) is 5.75 Å². The van der Waals surface area contributed by atoms with Gasteiger partial charge in [0.25, 0.3) is 0 Å². The highest BCUT2D eigenvalue weighted by atomic mass is 16.5. The van der Waals surface area contributed by atoms with Crippen molar-refractivity contribution in [2.75, 3.05) is 18.0 Å². The zero-order valence-electron chi connectivity index (χ0n) is 14.9. The molecule has 1 saturated heterocycles. The lowest BCUT2D eigenvalue weighted by Crippen LogP contribution is -2.37. The van der Waals surface area contributed by atoms with Gasteiger partial charge in [-0.05, 0) is 68.5 Å². The highest BCUT2D eigenvalue weighted by molar-refractivity contribution is 5.77. The number of ether oxygens (including phenoxy) is 1. The number of benzene rings is 2. The maximum Gasteiger partial charge on any atom is 0.347 e. The number of aliphatic carboxylic acids is 1. The molecule has 0 aromatic heterocycles. The molecule has 3 rings (SSSR count). The molecule has 4 heteroatoms. The predicted molar refractivity (Wildman–Crippen MR) is 100 cm³/mol. The first kappa shape index (κ1) is 17.3. The summed E-state index contributed by atoms with van der Waals surface area (Å²) in [4.78, 5) is 13.6. The summed E-state index contributed by atoms with van der Waals surface area (Å²) >= 11 is 0. The van der Waals surface area contributed by atoms with Crippen molar-refractivity contribution in [3.05, 3.63) is 48.5 Å². The van der Waals surface area contributed by atoms with E-state index in [1.165, 1.54) is 24.9 Å². The van der Waals surface area contributed by atoms with E-state index in [2.05, 4.69) is 29.2 Å². The quantitative estimate of drug-likeness (QED) is 0.866. The molecule has 0 amide bonds. The second-order valence-electron chi connectivity index (χ2n) is 7.04. The van der Waals surface area contributed by atoms with Crippen molar-refractivity contribution in [3.63, 3.8) is 0 Å². The number of carboxylic acid groups (broad SMARTS) is 1. The van der Waals surface area contributed by atoms with Crippen LogP contribution in [0.3, 0.4) is 0 Å². The minimum atomic E-state index is -1.24. The monoisotopic (exact) mass is 339 g/mol. The molecule has 2 aromatic carbocycles. The Morgan fingerprint density at radius 1 is 0.920 bits per heavy atom. The van der Waals surface area contributed by atoms with Crippen LogP contribution < -0.4 is 9.64 Å². The summed E-state index contributed by atoms with van der Waals surface area (Å²) in [5, 5.41) is 9.14. The van der Waals surface area contributed by atoms with E-state index in [1.54, 1.807) is 13.8 Å². The number of nitrogens with zero attached hydrogens (tertiary/aromatic N) is 1. The Kier molecular flexibility index (Phi) is 4.98. The third-order valence-corrected chi connectivity index (χ3v) is 4.66. The van der Waals surface area contributed by atoms with E-state index in [-0.39, 0.29) is 0 Å². The van der Waals surface area contributed by atoms with E-state index in [9.17, 15) is 4.79 Å². The summed E-state index contributed by atoms with van der Waals surface area (Å²) in [6, 6.07) is 16.2. The summed E-state index contributed by atoms with van der Waals surface area (Å²) in [6.45, 7) is 5.38. The molecule has 0 radical (unpaired) electrons. The Labute approximate surface area is 149 Å². The van der Waals surface area contributed by atoms with Crippen LogP contribution in [0.5, 0.6) is 5.75 Å². The van der Waals surface area contributed by atoms with Crippen molar-refractivity contribution in [3.8, 4) is 16.9 Å². The molecule has 2 aromatic rings. The van der Waals surface area contributed by atoms with Crippen LogP contribution in [0, 0.1) is 0 Å². The maximum absolute atomic E-state index is 11.1. The minimum absolute atomic E-state index is 0.557. The molecule has 0 saturated carbocycles. The number of carboxylic acids is 1. The fraction of sp³-hybridized carbons (Fsp3) is 0.381. The lowest BCUT2D eigenvalue weighted by atomic mass is 10.0. The van der Waals surface area contributed by atoms with Crippen molar-refractivity contribution >= 4 is 11.7 Å². The van der Waals surface area contributed by atoms with Crippen LogP contribution in [-0.2, 0) is 4.79 Å². The number of piperidine rings is 1. The summed E-state index contributed by atoms with van der Waals surface area (Å²) in [5.41, 5.74) is 2.28. The molecule has 4 nitrogen and oxygen atoms in total. The molecule has 1 heterocycles. The normalized spacial score (nSPS) is 15.0. The molecular weight excluding hydrogens is 314 g/mol. The van der Waals surface area contributed by atoms with E-state index in [4.69, 9.17) is 9.84 Å². The van der Waals surface area contributed by atoms with Crippen molar-refractivity contribution in [1.82, 2.24) is 0 Å². The topological polar surface area (TPSA) is 49.8 Å². The van der Waals surface area contributed by atoms with Gasteiger partial charge in [0.05, 0.1) is 0 Å². The molecule has 0 unspecified atom stereocenters. The van der Waals surface area contributed by atoms with Crippen LogP contribution in [0.15, 0.2) is 48.5 Å². The molecule has 1 fully saturated rings. The lowest BCUT2D eigenvalue weighted by Gasteiger charge is -2.28. The van der Waals surface area contributed by atoms with Crippen molar-refractivity contribution < 1.29 is 14.6 Å². The molecule has 0 aliphatic carbocycles. The van der Waals surface area contributed by atoms with Crippen molar-refractivity contribution in [2.24, 2.45) is 0 Å². The Hall–Kier alpha value is -2.49. The summed E-state index contributed by atoms with van der Waals surface area (Å²) in [6.07, 6.45) is 3.88. The van der Waals surface area contributed by atoms with Gasteiger partial charge in [-0.15, -0.1) is 0 Å². The van der Waals surface area contributed by atoms with Gasteiger partial charge in [-0.25, -0.2) is 4.79 Å². The first-order valence-corrected chi connectivity index (χ1v) is 8.83. The molecule has 0 atom stereocenters. The Bertz CT molecular complexity index is 714. The highest BCUT2D eigenvalue weighted by Gasteiger charge is 2.29. The van der Waals surface area contributed by atoms with Gasteiger partial charge in [-0.2, -0.15) is 0 Å². The van der Waals surface area contributed by atoms with Gasteiger partial charge < -0.3 is 14.7 Å². The van der Waals surface area contributed by atoms with E-state index in [1.807, 2.05) is 24.3 Å². The Morgan fingerprint density at radius 2 is 1.44 bits per heavy atom. The van der Waals surface area contributed by atoms with E-state index < -0.39 is 11.6 Å². The van der Waals surface area contributed by atoms with Gasteiger partial charge in [0.15, 0.2) is 5.60 Å². The fourth-order valence-electron chi connectivity index (χ4n) is 3.07. The zero-order valence-corrected chi connectivity index (χ0v) is 14.9. The second-order valence-corrected chi connectivity index (χ2v) is 7.04. The molecule has 0 bridgehead atoms. The Morgan fingerprint density at radius 3 is 1.96 bits per heavy atom. The third-order valence-electron chi connectivity index (χ3n) is 4.66. The minimum Gasteiger partial charge on any atom is -0.478 e. The van der Waals surface area contributed by atoms with Gasteiger partial charge in [0.2, 0.25) is 0 Å². The Balaban J connectivity index is 1.70. The summed E-state index contributed by atoms with van der Waals surface area (Å²) < 4.78 is 5.55. The number of anilines is 1. The first-order chi connectivity index (χ1) is 12.0. The van der Waals surface area contributed by atoms with Crippen LogP contribution in [0.1, 0.15) is 33.1 Å². The van der Waals surface area contributed by atoms with Crippen LogP contribution in [0.2, 0.25) is 0 Å². The van der Waals surface area contributed by atoms with Gasteiger partial charge in [-0.3, -0.25) is 0 Å². The third kappa shape index (κ3) is 4.13. The molecule has 1 N–H and O–H groups in total. The average Bonchev–Trinajstić information content (AvgIpc) is 2.63. The molecule has 132 valence electrons. The van der Waals surface area contributed by atoms with E-state index in [0.29, 0.717) is 5.75 Å². The smallest absolute Gasteiger partial charge is 0.347 e. The van der Waals surface area contributed by atoms with Gasteiger partial charge in [0, 0.05) is 18.8 Å². The van der Waals surface area contributed by atoms with Crippen LogP contribution in [-0.4, -0.2) is 29.8 Å². The molecular formula is C21H25NO3. The van der Waals surface area contributed by atoms with E-state index in [0.717, 1.165) is 24.2 Å². The van der Waals surface area contributed by atoms with Crippen LogP contribution in [0.4, 0.5) is 5.69 Å². The predicted octanol–water partition coefficient (Wildman–Crippen LogP) is 4.59. The maximum atomic E-state index is 11.1. The van der Waals surface area contributed by atoms with Crippen molar-refractivity contribution in [1.29, 1.82) is 0 Å². The lowest BCUT2D eigenvalue weighted by molar-refractivity contribution is -0.152. The second kappa shape index (κ2) is 7.18. The standard InChI is InChI=1S/C21H25NO3/c1-21(2,20(23)24)25-19-12-8-17(9-13-19)16-6-10-18(11-7-16)22-14-4-3-5-15-22/h6-13H,3-5,14-15H2,1-2H3,(H,23,24). The first-order valence-electron chi connectivity index (χ1n) is 8.83. The fourth-order valence-corrected chi connectivity index (χ4v) is 3.07. The number of rotatable bonds is 5. The number of hydrogen-bond donors (Lipinski definition) is 1. The largest absolute Gasteiger partial charge is 0.478 e. The summed E-state index contributed by atoms with van der Waals surface area (Å²) in [7, 11) is 0. The van der Waals surface area contributed by atoms with Crippen LogP contribution in [0.25, 0.3) is 11.1 Å². The molecule has 1 aliphatic rings. The molecule has 0 spiro atoms. The summed E-state index contributed by atoms with van der Waals surface area (Å²) in [5.74, 6) is -0.425. The number of carbonyl (C=O) groups is 1. The van der Waals surface area contributed by atoms with Crippen molar-refractivity contribution in [2.45, 2.75) is 38.7 Å². The SMILES string of the molecule is CC(C)(Oc1ccc(-c2ccc(N3CCCCC3)cc2)cc1)C(=O)O. The van der Waals surface area contributed by atoms with Gasteiger partial charge >= 0.3 is 5.97 Å². The number of hydrogen-bond acceptors (Lipinski definition) is 3. The average molecular weight is 339 g/mol. The highest BCUT2D eigenvalue weighted by Crippen LogP contribution is 2.27. The van der Waals surface area contributed by atoms with E-state index >= 15 is 0 Å².